The van der Waals surface area contributed by atoms with Gasteiger partial charge in [0.05, 0.1) is 6.10 Å². The summed E-state index contributed by atoms with van der Waals surface area (Å²) >= 11 is 5.13. The van der Waals surface area contributed by atoms with Gasteiger partial charge in [0.25, 0.3) is 0 Å². The van der Waals surface area contributed by atoms with Gasteiger partial charge < -0.3 is 5.11 Å². The fraction of sp³-hybridized carbons (Fsp3) is 0.250. The largest absolute Gasteiger partial charge is 0.388 e. The third kappa shape index (κ3) is 4.10. The van der Waals surface area contributed by atoms with Crippen molar-refractivity contribution in [1.29, 1.82) is 0 Å². The van der Waals surface area contributed by atoms with E-state index in [0.717, 1.165) is 20.5 Å². The highest BCUT2D eigenvalue weighted by Crippen LogP contribution is 2.28. The monoisotopic (exact) mass is 336 g/mol. The van der Waals surface area contributed by atoms with E-state index in [-0.39, 0.29) is 0 Å². The number of aliphatic hydroxyl groups is 1. The number of aryl methyl sites for hydroxylation is 2. The second-order valence-electron chi connectivity index (χ2n) is 4.64. The summed E-state index contributed by atoms with van der Waals surface area (Å²) in [6.45, 7) is 4.12. The Hall–Kier alpha value is -0.770. The van der Waals surface area contributed by atoms with Crippen LogP contribution in [0.4, 0.5) is 0 Å². The average Bonchev–Trinajstić information content (AvgIpc) is 2.36. The number of benzene rings is 2. The molecule has 1 atom stereocenters. The number of rotatable bonds is 4. The molecule has 1 nitrogen and oxygen atoms in total. The number of hydrogen-bond acceptors (Lipinski definition) is 2. The predicted octanol–water partition coefficient (Wildman–Crippen LogP) is 4.89. The fourth-order valence-electron chi connectivity index (χ4n) is 2.02. The smallest absolute Gasteiger partial charge is 0.0886 e. The Morgan fingerprint density at radius 2 is 1.95 bits per heavy atom. The van der Waals surface area contributed by atoms with Gasteiger partial charge in [-0.2, -0.15) is 0 Å². The number of hydrogen-bond donors (Lipinski definition) is 1. The first kappa shape index (κ1) is 14.6. The van der Waals surface area contributed by atoms with Crippen LogP contribution < -0.4 is 0 Å². The summed E-state index contributed by atoms with van der Waals surface area (Å²) in [5, 5.41) is 10.3. The van der Waals surface area contributed by atoms with Crippen molar-refractivity contribution in [2.45, 2.75) is 24.8 Å². The van der Waals surface area contributed by atoms with Crippen molar-refractivity contribution in [1.82, 2.24) is 0 Å². The number of thioether (sulfide) groups is 1. The van der Waals surface area contributed by atoms with E-state index in [1.165, 1.54) is 5.56 Å². The maximum absolute atomic E-state index is 10.3. The fourth-order valence-corrected chi connectivity index (χ4v) is 3.49. The highest BCUT2D eigenvalue weighted by molar-refractivity contribution is 9.10. The third-order valence-corrected chi connectivity index (χ3v) is 4.55. The minimum atomic E-state index is -0.426. The van der Waals surface area contributed by atoms with Gasteiger partial charge in [0, 0.05) is 15.1 Å². The lowest BCUT2D eigenvalue weighted by Gasteiger charge is -2.14. The van der Waals surface area contributed by atoms with E-state index in [1.54, 1.807) is 11.8 Å². The Labute approximate surface area is 127 Å². The Bertz CT molecular complexity index is 568. The summed E-state index contributed by atoms with van der Waals surface area (Å²) in [4.78, 5) is 1.16. The Balaban J connectivity index is 2.03. The molecule has 1 unspecified atom stereocenters. The van der Waals surface area contributed by atoms with Crippen molar-refractivity contribution in [3.8, 4) is 0 Å². The highest BCUT2D eigenvalue weighted by atomic mass is 79.9. The summed E-state index contributed by atoms with van der Waals surface area (Å²) in [7, 11) is 0. The van der Waals surface area contributed by atoms with Crippen molar-refractivity contribution in [2.24, 2.45) is 0 Å². The van der Waals surface area contributed by atoms with Crippen molar-refractivity contribution in [3.05, 3.63) is 63.6 Å². The predicted molar refractivity (Wildman–Crippen MR) is 85.7 cm³/mol. The summed E-state index contributed by atoms with van der Waals surface area (Å²) in [5.74, 6) is 0.667. The zero-order valence-corrected chi connectivity index (χ0v) is 13.5. The quantitative estimate of drug-likeness (QED) is 0.802. The molecule has 0 amide bonds. The Morgan fingerprint density at radius 3 is 2.63 bits per heavy atom. The topological polar surface area (TPSA) is 20.2 Å². The van der Waals surface area contributed by atoms with Crippen LogP contribution in [0.3, 0.4) is 0 Å². The molecule has 3 heteroatoms. The van der Waals surface area contributed by atoms with Gasteiger partial charge in [0.2, 0.25) is 0 Å². The van der Waals surface area contributed by atoms with Crippen molar-refractivity contribution in [2.75, 3.05) is 5.75 Å². The molecule has 0 spiro atoms. The number of aliphatic hydroxyl groups excluding tert-OH is 1. The maximum atomic E-state index is 10.3. The third-order valence-electron chi connectivity index (χ3n) is 2.99. The lowest BCUT2D eigenvalue weighted by molar-refractivity contribution is 0.203. The molecule has 0 saturated carbocycles. The van der Waals surface area contributed by atoms with Gasteiger partial charge in [0.15, 0.2) is 0 Å². The van der Waals surface area contributed by atoms with Crippen LogP contribution in [-0.4, -0.2) is 10.9 Å². The van der Waals surface area contributed by atoms with Crippen LogP contribution >= 0.6 is 27.7 Å². The van der Waals surface area contributed by atoms with Crippen molar-refractivity contribution in [3.63, 3.8) is 0 Å². The lowest BCUT2D eigenvalue weighted by atomic mass is 10.0. The molecule has 0 aliphatic carbocycles. The average molecular weight is 337 g/mol. The van der Waals surface area contributed by atoms with E-state index in [2.05, 4.69) is 54.0 Å². The molecule has 0 aliphatic rings. The minimum absolute atomic E-state index is 0.426. The van der Waals surface area contributed by atoms with Gasteiger partial charge >= 0.3 is 0 Å². The molecule has 0 aliphatic heterocycles. The van der Waals surface area contributed by atoms with Gasteiger partial charge in [0.1, 0.15) is 0 Å². The zero-order valence-electron chi connectivity index (χ0n) is 11.1. The van der Waals surface area contributed by atoms with Gasteiger partial charge in [-0.05, 0) is 43.2 Å². The van der Waals surface area contributed by atoms with Crippen LogP contribution in [0.5, 0.6) is 0 Å². The summed E-state index contributed by atoms with van der Waals surface area (Å²) < 4.78 is 1.07. The van der Waals surface area contributed by atoms with Crippen LogP contribution in [0.15, 0.2) is 51.8 Å². The summed E-state index contributed by atoms with van der Waals surface area (Å²) in [6.07, 6.45) is -0.426. The first-order chi connectivity index (χ1) is 9.06. The van der Waals surface area contributed by atoms with Crippen LogP contribution in [-0.2, 0) is 0 Å². The Kier molecular flexibility index (Phi) is 5.08. The van der Waals surface area contributed by atoms with Crippen LogP contribution in [0.2, 0.25) is 0 Å². The first-order valence-corrected chi connectivity index (χ1v) is 7.97. The zero-order chi connectivity index (χ0) is 13.8. The molecule has 2 rings (SSSR count). The number of halogens is 1. The lowest BCUT2D eigenvalue weighted by Crippen LogP contribution is -2.03. The molecule has 100 valence electrons. The molecule has 0 heterocycles. The molecule has 2 aromatic rings. The molecule has 1 N–H and O–H groups in total. The van der Waals surface area contributed by atoms with E-state index in [0.29, 0.717) is 5.75 Å². The molecule has 0 bridgehead atoms. The van der Waals surface area contributed by atoms with E-state index < -0.39 is 6.10 Å². The molecule has 2 aromatic carbocycles. The van der Waals surface area contributed by atoms with E-state index >= 15 is 0 Å². The van der Waals surface area contributed by atoms with Crippen LogP contribution in [0.1, 0.15) is 22.8 Å². The van der Waals surface area contributed by atoms with Crippen molar-refractivity contribution < 1.29 is 5.11 Å². The molecule has 0 fully saturated rings. The van der Waals surface area contributed by atoms with E-state index in [4.69, 9.17) is 0 Å². The SMILES string of the molecule is Cc1ccc(C(O)CSc2cccc(Br)c2)c(C)c1. The Morgan fingerprint density at radius 1 is 1.16 bits per heavy atom. The van der Waals surface area contributed by atoms with E-state index in [9.17, 15) is 5.11 Å². The molecule has 19 heavy (non-hydrogen) atoms. The van der Waals surface area contributed by atoms with Crippen molar-refractivity contribution >= 4 is 27.7 Å². The van der Waals surface area contributed by atoms with E-state index in [1.807, 2.05) is 18.2 Å². The van der Waals surface area contributed by atoms with Gasteiger partial charge in [-0.1, -0.05) is 45.8 Å². The van der Waals surface area contributed by atoms with Gasteiger partial charge in [-0.25, -0.2) is 0 Å². The minimum Gasteiger partial charge on any atom is -0.388 e. The molecule has 0 saturated heterocycles. The molecule has 0 radical (unpaired) electrons. The highest BCUT2D eigenvalue weighted by Gasteiger charge is 2.11. The summed E-state index contributed by atoms with van der Waals surface area (Å²) in [5.41, 5.74) is 3.41. The standard InChI is InChI=1S/C16H17BrOS/c1-11-6-7-15(12(2)8-11)16(18)10-19-14-5-3-4-13(17)9-14/h3-9,16,18H,10H2,1-2H3. The second kappa shape index (κ2) is 6.60. The maximum Gasteiger partial charge on any atom is 0.0886 e. The molecular weight excluding hydrogens is 320 g/mol. The normalized spacial score (nSPS) is 12.4. The van der Waals surface area contributed by atoms with Gasteiger partial charge in [-0.15, -0.1) is 11.8 Å². The summed E-state index contributed by atoms with van der Waals surface area (Å²) in [6, 6.07) is 14.3. The van der Waals surface area contributed by atoms with Gasteiger partial charge in [-0.3, -0.25) is 0 Å². The van der Waals surface area contributed by atoms with Crippen LogP contribution in [0.25, 0.3) is 0 Å². The van der Waals surface area contributed by atoms with Crippen LogP contribution in [0, 0.1) is 13.8 Å². The first-order valence-electron chi connectivity index (χ1n) is 6.20. The molecule has 0 aromatic heterocycles. The molecular formula is C16H17BrOS. The second-order valence-corrected chi connectivity index (χ2v) is 6.65.